The summed E-state index contributed by atoms with van der Waals surface area (Å²) in [5, 5.41) is 18.9. The highest BCUT2D eigenvalue weighted by Gasteiger charge is 2.40. The smallest absolute Gasteiger partial charge is 0.377 e. The van der Waals surface area contributed by atoms with Crippen LogP contribution in [0, 0.1) is 0 Å². The van der Waals surface area contributed by atoms with E-state index < -0.39 is 47.8 Å². The molecule has 0 fully saturated rings. The van der Waals surface area contributed by atoms with Crippen molar-refractivity contribution in [1.82, 2.24) is 0 Å². The zero-order valence-corrected chi connectivity index (χ0v) is 13.4. The number of esters is 1. The maximum absolute atomic E-state index is 11.2. The van der Waals surface area contributed by atoms with Gasteiger partial charge in [-0.1, -0.05) is 0 Å². The Morgan fingerprint density at radius 1 is 1.28 bits per heavy atom. The predicted molar refractivity (Wildman–Crippen MR) is 70.7 cm³/mol. The summed E-state index contributed by atoms with van der Waals surface area (Å²) < 4.78 is 16.2. The molecule has 0 aromatic carbocycles. The molecule has 0 aromatic heterocycles. The molecule has 6 nitrogen and oxygen atoms in total. The van der Waals surface area contributed by atoms with E-state index in [1.807, 2.05) is 26.2 Å². The highest BCUT2D eigenvalue weighted by atomic mass is 28.3. The first-order valence-corrected chi connectivity index (χ1v) is 11.5. The van der Waals surface area contributed by atoms with Gasteiger partial charge in [0.25, 0.3) is 0 Å². The summed E-state index contributed by atoms with van der Waals surface area (Å²) in [6, 6.07) is 0. The Morgan fingerprint density at radius 3 is 2.28 bits per heavy atom. The zero-order chi connectivity index (χ0) is 13.9. The lowest BCUT2D eigenvalue weighted by Gasteiger charge is -2.25. The number of aliphatic hydroxyl groups excluding tert-OH is 2. The number of carbonyl (C=O) groups is 1. The third-order valence-electron chi connectivity index (χ3n) is 2.32. The van der Waals surface area contributed by atoms with Gasteiger partial charge < -0.3 is 23.8 Å². The van der Waals surface area contributed by atoms with E-state index in [1.165, 1.54) is 0 Å². The monoisotopic (exact) mass is 292 g/mol. The largest absolute Gasteiger partial charge is 0.505 e. The van der Waals surface area contributed by atoms with Crippen molar-refractivity contribution in [3.63, 3.8) is 0 Å². The Balaban J connectivity index is 2.74. The lowest BCUT2D eigenvalue weighted by molar-refractivity contribution is -0.146. The van der Waals surface area contributed by atoms with E-state index in [4.69, 9.17) is 13.6 Å². The van der Waals surface area contributed by atoms with Crippen LogP contribution in [0.4, 0.5) is 0 Å². The van der Waals surface area contributed by atoms with Gasteiger partial charge in [-0.05, 0) is 26.2 Å². The summed E-state index contributed by atoms with van der Waals surface area (Å²) in [6.07, 6.45) is -1.51. The number of rotatable bonds is 6. The molecule has 104 valence electrons. The fourth-order valence-corrected chi connectivity index (χ4v) is 3.05. The maximum Gasteiger partial charge on any atom is 0.377 e. The van der Waals surface area contributed by atoms with Gasteiger partial charge in [0, 0.05) is 0 Å². The first kappa shape index (κ1) is 15.2. The Morgan fingerprint density at radius 2 is 1.89 bits per heavy atom. The molecule has 1 rings (SSSR count). The molecular formula is C10H20O6Si2. The molecule has 1 heterocycles. The Bertz CT molecular complexity index is 341. The molecule has 8 heteroatoms. The van der Waals surface area contributed by atoms with Crippen LogP contribution in [0.1, 0.15) is 0 Å². The number of ether oxygens (including phenoxy) is 1. The van der Waals surface area contributed by atoms with Gasteiger partial charge in [0.2, 0.25) is 5.76 Å². The summed E-state index contributed by atoms with van der Waals surface area (Å²) in [6.45, 7) is 8.22. The molecule has 0 aliphatic carbocycles. The number of hydrogen-bond acceptors (Lipinski definition) is 6. The van der Waals surface area contributed by atoms with Crippen molar-refractivity contribution in [3.8, 4) is 0 Å². The number of aliphatic hydroxyl groups is 2. The van der Waals surface area contributed by atoms with E-state index in [2.05, 4.69) is 0 Å². The van der Waals surface area contributed by atoms with Gasteiger partial charge in [-0.3, -0.25) is 0 Å². The van der Waals surface area contributed by atoms with Gasteiger partial charge >= 0.3 is 5.97 Å². The van der Waals surface area contributed by atoms with E-state index >= 15 is 0 Å². The molecule has 2 atom stereocenters. The summed E-state index contributed by atoms with van der Waals surface area (Å²) >= 11 is 0. The van der Waals surface area contributed by atoms with Gasteiger partial charge in [0.15, 0.2) is 29.9 Å². The van der Waals surface area contributed by atoms with Gasteiger partial charge in [-0.2, -0.15) is 0 Å². The van der Waals surface area contributed by atoms with Crippen LogP contribution in [-0.4, -0.2) is 53.1 Å². The van der Waals surface area contributed by atoms with Crippen LogP contribution >= 0.6 is 0 Å². The van der Waals surface area contributed by atoms with E-state index in [9.17, 15) is 15.0 Å². The summed E-state index contributed by atoms with van der Waals surface area (Å²) in [5.74, 6) is -2.12. The molecule has 0 saturated heterocycles. The third-order valence-corrected chi connectivity index (χ3v) is 4.07. The number of carbonyl (C=O) groups excluding carboxylic acids is 1. The van der Waals surface area contributed by atoms with Crippen molar-refractivity contribution >= 4 is 24.0 Å². The molecule has 1 aliphatic heterocycles. The minimum atomic E-state index is -1.39. The molecule has 0 spiro atoms. The molecule has 0 amide bonds. The lowest BCUT2D eigenvalue weighted by Crippen LogP contribution is -2.39. The highest BCUT2D eigenvalue weighted by molar-refractivity contribution is 6.49. The standard InChI is InChI=1S/C10H20O6Si2/c1-17(2)14-5-6(16-18(3)4)9-7(11)8(12)10(13)15-9/h6,9,11-12,17-18H,5H2,1-4H3/t6-,9+/m0/s1. The Hall–Kier alpha value is -0.836. The van der Waals surface area contributed by atoms with Gasteiger partial charge in [0.1, 0.15) is 6.10 Å². The SMILES string of the molecule is C[SiH](C)OC[C@H](O[SiH](C)C)[C@H]1OC(=O)C(O)=C1O. The quantitative estimate of drug-likeness (QED) is 0.551. The topological polar surface area (TPSA) is 85.2 Å². The second kappa shape index (κ2) is 6.37. The minimum absolute atomic E-state index is 0.254. The van der Waals surface area contributed by atoms with E-state index in [1.54, 1.807) is 0 Å². The number of cyclic esters (lactones) is 1. The Kier molecular flexibility index (Phi) is 5.38. The van der Waals surface area contributed by atoms with E-state index in [0.29, 0.717) is 0 Å². The van der Waals surface area contributed by atoms with Gasteiger partial charge in [-0.25, -0.2) is 4.79 Å². The molecule has 2 N–H and O–H groups in total. The molecule has 0 aromatic rings. The molecule has 0 unspecified atom stereocenters. The first-order valence-electron chi connectivity index (χ1n) is 5.93. The normalized spacial score (nSPS) is 21.9. The van der Waals surface area contributed by atoms with Gasteiger partial charge in [0.05, 0.1) is 6.61 Å². The predicted octanol–water partition coefficient (Wildman–Crippen LogP) is 0.608. The third kappa shape index (κ3) is 3.84. The summed E-state index contributed by atoms with van der Waals surface area (Å²) in [4.78, 5) is 11.2. The Labute approximate surface area is 110 Å². The zero-order valence-electron chi connectivity index (χ0n) is 11.0. The fraction of sp³-hybridized carbons (Fsp3) is 0.700. The van der Waals surface area contributed by atoms with Crippen molar-refractivity contribution in [2.75, 3.05) is 6.61 Å². The van der Waals surface area contributed by atoms with Crippen LogP contribution in [0.3, 0.4) is 0 Å². The molecule has 0 saturated carbocycles. The molecule has 0 bridgehead atoms. The highest BCUT2D eigenvalue weighted by Crippen LogP contribution is 2.23. The van der Waals surface area contributed by atoms with Crippen molar-refractivity contribution in [3.05, 3.63) is 11.5 Å². The second-order valence-electron chi connectivity index (χ2n) is 4.67. The summed E-state index contributed by atoms with van der Waals surface area (Å²) in [5.41, 5.74) is 0. The van der Waals surface area contributed by atoms with Crippen LogP contribution in [0.25, 0.3) is 0 Å². The van der Waals surface area contributed by atoms with Crippen LogP contribution in [0.15, 0.2) is 11.5 Å². The average Bonchev–Trinajstić information content (AvgIpc) is 2.51. The summed E-state index contributed by atoms with van der Waals surface area (Å²) in [7, 11) is -2.62. The minimum Gasteiger partial charge on any atom is -0.505 e. The van der Waals surface area contributed by atoms with Crippen LogP contribution in [0.2, 0.25) is 26.2 Å². The van der Waals surface area contributed by atoms with E-state index in [-0.39, 0.29) is 6.61 Å². The molecule has 18 heavy (non-hydrogen) atoms. The van der Waals surface area contributed by atoms with Crippen molar-refractivity contribution in [2.24, 2.45) is 0 Å². The van der Waals surface area contributed by atoms with E-state index in [0.717, 1.165) is 0 Å². The fourth-order valence-electron chi connectivity index (χ4n) is 1.55. The average molecular weight is 292 g/mol. The van der Waals surface area contributed by atoms with Crippen molar-refractivity contribution < 1.29 is 28.6 Å². The molecular weight excluding hydrogens is 272 g/mol. The van der Waals surface area contributed by atoms with Crippen LogP contribution in [0.5, 0.6) is 0 Å². The van der Waals surface area contributed by atoms with Crippen LogP contribution < -0.4 is 0 Å². The molecule has 0 radical (unpaired) electrons. The molecule has 1 aliphatic rings. The first-order chi connectivity index (χ1) is 8.32. The number of hydrogen-bond donors (Lipinski definition) is 2. The van der Waals surface area contributed by atoms with Gasteiger partial charge in [-0.15, -0.1) is 0 Å². The van der Waals surface area contributed by atoms with Crippen LogP contribution in [-0.2, 0) is 18.4 Å². The lowest BCUT2D eigenvalue weighted by atomic mass is 10.2. The van der Waals surface area contributed by atoms with Crippen molar-refractivity contribution in [2.45, 2.75) is 38.4 Å². The van der Waals surface area contributed by atoms with Crippen molar-refractivity contribution in [1.29, 1.82) is 0 Å². The maximum atomic E-state index is 11.2. The second-order valence-corrected chi connectivity index (χ2v) is 9.47.